The Morgan fingerprint density at radius 3 is 2.43 bits per heavy atom. The number of methoxy groups -OCH3 is 2. The predicted octanol–water partition coefficient (Wildman–Crippen LogP) is 3.40. The topological polar surface area (TPSA) is 99.5 Å². The number of ether oxygens (including phenoxy) is 2. The number of aryl methyl sites for hydroxylation is 2. The van der Waals surface area contributed by atoms with Crippen molar-refractivity contribution in [2.45, 2.75) is 37.7 Å². The van der Waals surface area contributed by atoms with Crippen molar-refractivity contribution >= 4 is 34.4 Å². The number of aromatic nitrogens is 2. The van der Waals surface area contributed by atoms with Crippen LogP contribution in [0.5, 0.6) is 0 Å². The van der Waals surface area contributed by atoms with E-state index in [2.05, 4.69) is 10.3 Å². The minimum Gasteiger partial charge on any atom is -0.383 e. The molecule has 2 aromatic carbocycles. The Balaban J connectivity index is 1.97. The first-order chi connectivity index (χ1) is 16.8. The molecule has 3 aromatic rings. The lowest BCUT2D eigenvalue weighted by Gasteiger charge is -2.16. The molecule has 0 saturated heterocycles. The number of hydrogen-bond acceptors (Lipinski definition) is 7. The highest BCUT2D eigenvalue weighted by Crippen LogP contribution is 2.26. The van der Waals surface area contributed by atoms with Crippen LogP contribution in [0, 0.1) is 13.8 Å². The maximum Gasteiger partial charge on any atom is 0.262 e. The van der Waals surface area contributed by atoms with Crippen molar-refractivity contribution in [2.75, 3.05) is 34.0 Å². The van der Waals surface area contributed by atoms with Crippen molar-refractivity contribution in [3.8, 4) is 0 Å². The lowest BCUT2D eigenvalue weighted by atomic mass is 10.0. The summed E-state index contributed by atoms with van der Waals surface area (Å²) in [6, 6.07) is 10.4. The Labute approximate surface area is 209 Å². The van der Waals surface area contributed by atoms with Gasteiger partial charge in [0.05, 0.1) is 35.9 Å². The molecular weight excluding hydrogens is 466 g/mol. The maximum absolute atomic E-state index is 13.3. The van der Waals surface area contributed by atoms with Gasteiger partial charge in [0.15, 0.2) is 10.9 Å². The molecule has 0 aliphatic carbocycles. The molecule has 35 heavy (non-hydrogen) atoms. The number of fused-ring (bicyclic) bond motifs is 1. The highest BCUT2D eigenvalue weighted by atomic mass is 32.2. The molecule has 186 valence electrons. The van der Waals surface area contributed by atoms with E-state index in [9.17, 15) is 14.4 Å². The summed E-state index contributed by atoms with van der Waals surface area (Å²) in [6.07, 6.45) is 0. The van der Waals surface area contributed by atoms with Crippen molar-refractivity contribution in [1.82, 2.24) is 14.9 Å². The molecule has 1 aromatic heterocycles. The van der Waals surface area contributed by atoms with Crippen LogP contribution in [-0.4, -0.2) is 60.5 Å². The van der Waals surface area contributed by atoms with E-state index in [0.29, 0.717) is 53.5 Å². The molecule has 0 radical (unpaired) electrons. The monoisotopic (exact) mass is 497 g/mol. The molecule has 3 rings (SSSR count). The lowest BCUT2D eigenvalue weighted by Crippen LogP contribution is -2.28. The van der Waals surface area contributed by atoms with Crippen molar-refractivity contribution < 1.29 is 19.1 Å². The Kier molecular flexibility index (Phi) is 9.20. The molecule has 1 heterocycles. The van der Waals surface area contributed by atoms with Crippen LogP contribution in [0.3, 0.4) is 0 Å². The number of nitrogens with one attached hydrogen (secondary N) is 1. The number of ketones is 1. The van der Waals surface area contributed by atoms with Crippen LogP contribution < -0.4 is 10.9 Å². The molecular formula is C26H31N3O5S. The summed E-state index contributed by atoms with van der Waals surface area (Å²) in [5, 5.41) is 3.09. The average Bonchev–Trinajstić information content (AvgIpc) is 2.84. The van der Waals surface area contributed by atoms with Gasteiger partial charge in [-0.1, -0.05) is 23.9 Å². The lowest BCUT2D eigenvalue weighted by molar-refractivity contribution is 0.0936. The third kappa shape index (κ3) is 6.36. The Hall–Kier alpha value is -3.01. The number of thioether (sulfide) groups is 1. The van der Waals surface area contributed by atoms with Crippen LogP contribution in [0.15, 0.2) is 46.3 Å². The van der Waals surface area contributed by atoms with Gasteiger partial charge in [0, 0.05) is 31.9 Å². The fourth-order valence-corrected chi connectivity index (χ4v) is 4.53. The fourth-order valence-electron chi connectivity index (χ4n) is 3.52. The smallest absolute Gasteiger partial charge is 0.262 e. The van der Waals surface area contributed by atoms with E-state index >= 15 is 0 Å². The first kappa shape index (κ1) is 26.6. The van der Waals surface area contributed by atoms with Crippen LogP contribution in [0.4, 0.5) is 0 Å². The van der Waals surface area contributed by atoms with Crippen LogP contribution in [0.2, 0.25) is 0 Å². The minimum absolute atomic E-state index is 0.0444. The summed E-state index contributed by atoms with van der Waals surface area (Å²) in [7, 11) is 3.12. The van der Waals surface area contributed by atoms with Gasteiger partial charge in [-0.2, -0.15) is 0 Å². The summed E-state index contributed by atoms with van der Waals surface area (Å²) in [5.41, 5.74) is 3.34. The van der Waals surface area contributed by atoms with Gasteiger partial charge >= 0.3 is 0 Å². The van der Waals surface area contributed by atoms with E-state index in [4.69, 9.17) is 9.47 Å². The molecule has 0 unspecified atom stereocenters. The average molecular weight is 498 g/mol. The quantitative estimate of drug-likeness (QED) is 0.188. The summed E-state index contributed by atoms with van der Waals surface area (Å²) >= 11 is 1.22. The predicted molar refractivity (Wildman–Crippen MR) is 138 cm³/mol. The second kappa shape index (κ2) is 12.1. The van der Waals surface area contributed by atoms with Gasteiger partial charge in [0.1, 0.15) is 0 Å². The van der Waals surface area contributed by atoms with Gasteiger partial charge in [0.25, 0.3) is 11.5 Å². The second-order valence-electron chi connectivity index (χ2n) is 8.25. The summed E-state index contributed by atoms with van der Waals surface area (Å²) in [6.45, 7) is 7.17. The molecule has 1 amide bonds. The van der Waals surface area contributed by atoms with Gasteiger partial charge in [-0.25, -0.2) is 4.98 Å². The zero-order valence-electron chi connectivity index (χ0n) is 20.7. The molecule has 1 atom stereocenters. The molecule has 0 bridgehead atoms. The molecule has 0 saturated carbocycles. The van der Waals surface area contributed by atoms with Crippen LogP contribution in [0.1, 0.15) is 38.8 Å². The maximum atomic E-state index is 13.3. The summed E-state index contributed by atoms with van der Waals surface area (Å²) in [4.78, 5) is 43.6. The Morgan fingerprint density at radius 2 is 1.74 bits per heavy atom. The largest absolute Gasteiger partial charge is 0.383 e. The second-order valence-corrected chi connectivity index (χ2v) is 9.56. The van der Waals surface area contributed by atoms with Gasteiger partial charge in [-0.15, -0.1) is 0 Å². The van der Waals surface area contributed by atoms with E-state index in [0.717, 1.165) is 11.1 Å². The van der Waals surface area contributed by atoms with E-state index in [-0.39, 0.29) is 17.2 Å². The van der Waals surface area contributed by atoms with E-state index in [1.54, 1.807) is 39.3 Å². The van der Waals surface area contributed by atoms with Crippen LogP contribution >= 0.6 is 11.8 Å². The van der Waals surface area contributed by atoms with E-state index < -0.39 is 5.25 Å². The number of Topliss-reactive ketones (excluding diaryl/α,β-unsaturated/α-hetero) is 1. The SMILES string of the molecule is COCCNC(=O)c1ccc2c(=O)n(CCOC)c(S[C@H](C)C(=O)c3ccc(C)c(C)c3)nc2c1. The number of rotatable bonds is 11. The number of carbonyl (C=O) groups excluding carboxylic acids is 2. The molecule has 8 nitrogen and oxygen atoms in total. The third-order valence-corrected chi connectivity index (χ3v) is 6.83. The highest BCUT2D eigenvalue weighted by Gasteiger charge is 2.21. The van der Waals surface area contributed by atoms with Crippen LogP contribution in [-0.2, 0) is 16.0 Å². The Morgan fingerprint density at radius 1 is 1.03 bits per heavy atom. The zero-order valence-corrected chi connectivity index (χ0v) is 21.5. The summed E-state index contributed by atoms with van der Waals surface area (Å²) in [5.74, 6) is -0.321. The molecule has 9 heteroatoms. The normalized spacial score (nSPS) is 12.0. The number of benzene rings is 2. The van der Waals surface area contributed by atoms with Gasteiger partial charge in [0.2, 0.25) is 0 Å². The molecule has 0 aliphatic rings. The molecule has 1 N–H and O–H groups in total. The number of hydrogen-bond donors (Lipinski definition) is 1. The van der Waals surface area contributed by atoms with E-state index in [1.807, 2.05) is 32.0 Å². The fraction of sp³-hybridized carbons (Fsp3) is 0.385. The van der Waals surface area contributed by atoms with Crippen molar-refractivity contribution in [1.29, 1.82) is 0 Å². The van der Waals surface area contributed by atoms with Crippen molar-refractivity contribution in [3.63, 3.8) is 0 Å². The number of nitrogens with zero attached hydrogens (tertiary/aromatic N) is 2. The van der Waals surface area contributed by atoms with Crippen molar-refractivity contribution in [3.05, 3.63) is 69.0 Å². The molecule has 0 aliphatic heterocycles. The minimum atomic E-state index is -0.476. The first-order valence-electron chi connectivity index (χ1n) is 11.4. The van der Waals surface area contributed by atoms with Gasteiger partial charge < -0.3 is 14.8 Å². The van der Waals surface area contributed by atoms with Gasteiger partial charge in [-0.05, 0) is 56.2 Å². The number of carbonyl (C=O) groups is 2. The van der Waals surface area contributed by atoms with Gasteiger partial charge in [-0.3, -0.25) is 19.0 Å². The Bertz CT molecular complexity index is 1290. The van der Waals surface area contributed by atoms with Crippen LogP contribution in [0.25, 0.3) is 10.9 Å². The number of amides is 1. The van der Waals surface area contributed by atoms with E-state index in [1.165, 1.54) is 16.3 Å². The first-order valence-corrected chi connectivity index (χ1v) is 12.2. The zero-order chi connectivity index (χ0) is 25.5. The standard InChI is InChI=1S/C26H31N3O5S/c1-16-6-7-19(14-17(16)2)23(30)18(3)35-26-28-22-15-20(24(31)27-10-12-33-4)8-9-21(22)25(32)29(26)11-13-34-5/h6-9,14-15,18H,10-13H2,1-5H3,(H,27,31)/t18-/m1/s1. The third-order valence-electron chi connectivity index (χ3n) is 5.74. The van der Waals surface area contributed by atoms with Crippen molar-refractivity contribution in [2.24, 2.45) is 0 Å². The summed E-state index contributed by atoms with van der Waals surface area (Å²) < 4.78 is 11.7. The molecule has 0 spiro atoms. The highest BCUT2D eigenvalue weighted by molar-refractivity contribution is 8.00. The molecule has 0 fully saturated rings.